The van der Waals surface area contributed by atoms with Gasteiger partial charge in [0, 0.05) is 25.2 Å². The maximum atomic E-state index is 12.3. The van der Waals surface area contributed by atoms with E-state index in [-0.39, 0.29) is 18.6 Å². The average molecular weight is 425 g/mol. The van der Waals surface area contributed by atoms with Gasteiger partial charge in [-0.15, -0.1) is 0 Å². The fourth-order valence-corrected chi connectivity index (χ4v) is 3.61. The predicted octanol–water partition coefficient (Wildman–Crippen LogP) is 3.44. The average Bonchev–Trinajstić information content (AvgIpc) is 2.77. The molecule has 1 aliphatic heterocycles. The Morgan fingerprint density at radius 3 is 2.87 bits per heavy atom. The number of ether oxygens (including phenoxy) is 2. The molecule has 2 N–H and O–H groups in total. The Balaban J connectivity index is 1.62. The molecule has 1 heterocycles. The first-order valence-electron chi connectivity index (χ1n) is 10.7. The highest BCUT2D eigenvalue weighted by Crippen LogP contribution is 2.31. The number of hydrogen-bond acceptors (Lipinski definition) is 4. The van der Waals surface area contributed by atoms with Gasteiger partial charge in [-0.25, -0.2) is 0 Å². The number of nitrogens with one attached hydrogen (secondary N) is 2. The zero-order chi connectivity index (χ0) is 22.2. The molecule has 166 valence electrons. The first-order chi connectivity index (χ1) is 15.0. The number of anilines is 1. The highest BCUT2D eigenvalue weighted by Gasteiger charge is 2.24. The molecule has 0 bridgehead atoms. The van der Waals surface area contributed by atoms with E-state index in [9.17, 15) is 4.79 Å². The van der Waals surface area contributed by atoms with E-state index in [1.807, 2.05) is 43.3 Å². The number of hydrogen-bond donors (Lipinski definition) is 2. The number of aryl methyl sites for hydroxylation is 1. The lowest BCUT2D eigenvalue weighted by Crippen LogP contribution is -2.40. The Hall–Kier alpha value is -3.22. The minimum absolute atomic E-state index is 0.0205. The summed E-state index contributed by atoms with van der Waals surface area (Å²) < 4.78 is 11.0. The van der Waals surface area contributed by atoms with E-state index < -0.39 is 0 Å². The second-order valence-electron chi connectivity index (χ2n) is 7.53. The lowest BCUT2D eigenvalue weighted by molar-refractivity contribution is -0.121. The number of rotatable bonds is 8. The third-order valence-electron chi connectivity index (χ3n) is 5.17. The molecule has 7 heteroatoms. The summed E-state index contributed by atoms with van der Waals surface area (Å²) in [5, 5.41) is 6.75. The number of methoxy groups -OCH3 is 1. The number of carbonyl (C=O) groups is 1. The molecule has 0 fully saturated rings. The number of guanidine groups is 1. The van der Waals surface area contributed by atoms with Gasteiger partial charge in [-0.05, 0) is 45.4 Å². The third-order valence-corrected chi connectivity index (χ3v) is 5.17. The van der Waals surface area contributed by atoms with Gasteiger partial charge in [0.05, 0.1) is 18.8 Å². The molecule has 0 saturated heterocycles. The largest absolute Gasteiger partial charge is 0.496 e. The van der Waals surface area contributed by atoms with Crippen LogP contribution >= 0.6 is 0 Å². The number of fused-ring (bicyclic) bond motifs is 1. The maximum absolute atomic E-state index is 12.3. The van der Waals surface area contributed by atoms with Gasteiger partial charge >= 0.3 is 0 Å². The minimum Gasteiger partial charge on any atom is -0.496 e. The minimum atomic E-state index is -0.0205. The number of benzene rings is 2. The van der Waals surface area contributed by atoms with Gasteiger partial charge < -0.3 is 25.0 Å². The van der Waals surface area contributed by atoms with Gasteiger partial charge in [-0.2, -0.15) is 0 Å². The lowest BCUT2D eigenvalue weighted by atomic mass is 10.0. The molecule has 0 aromatic heterocycles. The van der Waals surface area contributed by atoms with Crippen LogP contribution in [0.25, 0.3) is 0 Å². The van der Waals surface area contributed by atoms with Gasteiger partial charge in [-0.1, -0.05) is 29.8 Å². The number of nitrogens with zero attached hydrogens (tertiary/aromatic N) is 2. The summed E-state index contributed by atoms with van der Waals surface area (Å²) in [6, 6.07) is 13.8. The van der Waals surface area contributed by atoms with Crippen molar-refractivity contribution < 1.29 is 14.3 Å². The molecule has 0 spiro atoms. The van der Waals surface area contributed by atoms with E-state index in [1.165, 1.54) is 5.56 Å². The van der Waals surface area contributed by atoms with Crippen molar-refractivity contribution in [2.24, 2.45) is 4.99 Å². The second kappa shape index (κ2) is 10.7. The molecule has 1 amide bonds. The van der Waals surface area contributed by atoms with Gasteiger partial charge in [0.1, 0.15) is 11.5 Å². The zero-order valence-corrected chi connectivity index (χ0v) is 18.8. The molecule has 0 radical (unpaired) electrons. The van der Waals surface area contributed by atoms with Crippen LogP contribution in [0.2, 0.25) is 0 Å². The molecule has 2 aromatic carbocycles. The summed E-state index contributed by atoms with van der Waals surface area (Å²) in [5.74, 6) is 2.33. The third kappa shape index (κ3) is 5.69. The van der Waals surface area contributed by atoms with Crippen LogP contribution < -0.4 is 25.0 Å². The van der Waals surface area contributed by atoms with E-state index in [4.69, 9.17) is 14.5 Å². The summed E-state index contributed by atoms with van der Waals surface area (Å²) in [4.78, 5) is 18.8. The first kappa shape index (κ1) is 22.5. The van der Waals surface area contributed by atoms with Crippen molar-refractivity contribution in [1.29, 1.82) is 0 Å². The quantitative estimate of drug-likeness (QED) is 0.386. The Labute approximate surface area is 184 Å². The molecule has 1 atom stereocenters. The number of amides is 1. The van der Waals surface area contributed by atoms with Crippen molar-refractivity contribution in [2.45, 2.75) is 33.2 Å². The molecular weight excluding hydrogens is 392 g/mol. The molecule has 7 nitrogen and oxygen atoms in total. The Kier molecular flexibility index (Phi) is 7.76. The number of para-hydroxylation sites is 2. The van der Waals surface area contributed by atoms with Crippen molar-refractivity contribution in [3.63, 3.8) is 0 Å². The van der Waals surface area contributed by atoms with Crippen molar-refractivity contribution in [3.05, 3.63) is 53.6 Å². The topological polar surface area (TPSA) is 75.2 Å². The van der Waals surface area contributed by atoms with Crippen LogP contribution in [0, 0.1) is 6.92 Å². The summed E-state index contributed by atoms with van der Waals surface area (Å²) in [5.41, 5.74) is 3.10. The Morgan fingerprint density at radius 1 is 1.29 bits per heavy atom. The van der Waals surface area contributed by atoms with E-state index >= 15 is 0 Å². The highest BCUT2D eigenvalue weighted by atomic mass is 16.5. The SMILES string of the molecule is CCNC(=NCCCN1C(=O)COc2ccccc21)NC(C)c1cc(C)ccc1OC. The summed E-state index contributed by atoms with van der Waals surface area (Å²) >= 11 is 0. The van der Waals surface area contributed by atoms with Crippen LogP contribution in [0.3, 0.4) is 0 Å². The van der Waals surface area contributed by atoms with Gasteiger partial charge in [-0.3, -0.25) is 9.79 Å². The molecule has 0 aliphatic carbocycles. The summed E-state index contributed by atoms with van der Waals surface area (Å²) in [6.07, 6.45) is 0.749. The molecule has 0 saturated carbocycles. The molecule has 2 aromatic rings. The Morgan fingerprint density at radius 2 is 2.10 bits per heavy atom. The van der Waals surface area contributed by atoms with E-state index in [1.54, 1.807) is 12.0 Å². The zero-order valence-electron chi connectivity index (χ0n) is 18.8. The monoisotopic (exact) mass is 424 g/mol. The second-order valence-corrected chi connectivity index (χ2v) is 7.53. The molecular formula is C24H32N4O3. The normalized spacial score (nSPS) is 14.5. The van der Waals surface area contributed by atoms with Crippen molar-refractivity contribution in [2.75, 3.05) is 38.3 Å². The van der Waals surface area contributed by atoms with Gasteiger partial charge in [0.25, 0.3) is 5.91 Å². The smallest absolute Gasteiger partial charge is 0.265 e. The maximum Gasteiger partial charge on any atom is 0.265 e. The van der Waals surface area contributed by atoms with Crippen molar-refractivity contribution in [3.8, 4) is 11.5 Å². The van der Waals surface area contributed by atoms with Crippen molar-refractivity contribution >= 4 is 17.6 Å². The van der Waals surface area contributed by atoms with E-state index in [0.29, 0.717) is 13.1 Å². The van der Waals surface area contributed by atoms with Crippen LogP contribution in [-0.4, -0.2) is 45.2 Å². The van der Waals surface area contributed by atoms with Gasteiger partial charge in [0.15, 0.2) is 12.6 Å². The fourth-order valence-electron chi connectivity index (χ4n) is 3.61. The molecule has 31 heavy (non-hydrogen) atoms. The first-order valence-corrected chi connectivity index (χ1v) is 10.7. The lowest BCUT2D eigenvalue weighted by Gasteiger charge is -2.29. The van der Waals surface area contributed by atoms with Crippen LogP contribution in [-0.2, 0) is 4.79 Å². The molecule has 1 aliphatic rings. The summed E-state index contributed by atoms with van der Waals surface area (Å²) in [6.45, 7) is 8.24. The number of aliphatic imine (C=N–C) groups is 1. The number of carbonyl (C=O) groups excluding carboxylic acids is 1. The van der Waals surface area contributed by atoms with Crippen LogP contribution in [0.4, 0.5) is 5.69 Å². The predicted molar refractivity (Wildman–Crippen MR) is 124 cm³/mol. The van der Waals surface area contributed by atoms with Gasteiger partial charge in [0.2, 0.25) is 0 Å². The molecule has 1 unspecified atom stereocenters. The summed E-state index contributed by atoms with van der Waals surface area (Å²) in [7, 11) is 1.69. The Bertz CT molecular complexity index is 929. The van der Waals surface area contributed by atoms with E-state index in [0.717, 1.165) is 41.7 Å². The van der Waals surface area contributed by atoms with Crippen LogP contribution in [0.1, 0.15) is 37.4 Å². The van der Waals surface area contributed by atoms with Crippen molar-refractivity contribution in [1.82, 2.24) is 10.6 Å². The standard InChI is InChI=1S/C24H32N4O3/c1-5-25-24(27-18(3)19-15-17(2)11-12-21(19)30-4)26-13-8-14-28-20-9-6-7-10-22(20)31-16-23(28)29/h6-7,9-12,15,18H,5,8,13-14,16H2,1-4H3,(H2,25,26,27). The van der Waals surface area contributed by atoms with Crippen LogP contribution in [0.5, 0.6) is 11.5 Å². The molecule has 3 rings (SSSR count). The highest BCUT2D eigenvalue weighted by molar-refractivity contribution is 5.97. The fraction of sp³-hybridized carbons (Fsp3) is 0.417. The van der Waals surface area contributed by atoms with E-state index in [2.05, 4.69) is 30.5 Å². The van der Waals surface area contributed by atoms with Crippen LogP contribution in [0.15, 0.2) is 47.5 Å².